The summed E-state index contributed by atoms with van der Waals surface area (Å²) in [6.07, 6.45) is 2.49. The molecule has 1 aliphatic carbocycles. The highest BCUT2D eigenvalue weighted by molar-refractivity contribution is 5.94. The van der Waals surface area contributed by atoms with Crippen molar-refractivity contribution < 1.29 is 23.9 Å². The first kappa shape index (κ1) is 31.4. The zero-order valence-electron chi connectivity index (χ0n) is 25.2. The molecule has 1 heterocycles. The Bertz CT molecular complexity index is 1110. The Kier molecular flexibility index (Phi) is 9.54. The van der Waals surface area contributed by atoms with Gasteiger partial charge in [-0.2, -0.15) is 0 Å². The van der Waals surface area contributed by atoms with Gasteiger partial charge >= 0.3 is 6.09 Å². The highest BCUT2D eigenvalue weighted by atomic mass is 16.6. The van der Waals surface area contributed by atoms with E-state index < -0.39 is 41.1 Å². The van der Waals surface area contributed by atoms with E-state index in [-0.39, 0.29) is 30.4 Å². The van der Waals surface area contributed by atoms with Crippen molar-refractivity contribution in [3.8, 4) is 0 Å². The Morgan fingerprint density at radius 1 is 1.10 bits per heavy atom. The minimum atomic E-state index is -0.939. The topological polar surface area (TPSA) is 134 Å². The molecule has 1 aliphatic heterocycles. The molecule has 3 rings (SSSR count). The van der Waals surface area contributed by atoms with E-state index in [2.05, 4.69) is 16.7 Å². The Balaban J connectivity index is 1.75. The maximum Gasteiger partial charge on any atom is 0.410 e. The van der Waals surface area contributed by atoms with Gasteiger partial charge in [-0.25, -0.2) is 4.79 Å². The summed E-state index contributed by atoms with van der Waals surface area (Å²) in [5, 5.41) is 6.02. The van der Waals surface area contributed by atoms with Gasteiger partial charge in [0.1, 0.15) is 23.7 Å². The van der Waals surface area contributed by atoms with Crippen LogP contribution in [0.3, 0.4) is 0 Å². The quantitative estimate of drug-likeness (QED) is 0.493. The molecule has 10 heteroatoms. The van der Waals surface area contributed by atoms with E-state index >= 15 is 0 Å². The lowest BCUT2D eigenvalue weighted by molar-refractivity contribution is -0.144. The third-order valence-corrected chi connectivity index (χ3v) is 7.65. The summed E-state index contributed by atoms with van der Waals surface area (Å²) < 4.78 is 5.38. The molecule has 1 unspecified atom stereocenters. The second-order valence-corrected chi connectivity index (χ2v) is 13.2. The Labute approximate surface area is 238 Å². The lowest BCUT2D eigenvalue weighted by Gasteiger charge is -2.37. The van der Waals surface area contributed by atoms with Gasteiger partial charge in [0.05, 0.1) is 6.04 Å². The molecule has 0 bridgehead atoms. The molecule has 1 saturated heterocycles. The van der Waals surface area contributed by atoms with E-state index in [1.54, 1.807) is 27.7 Å². The number of carbonyl (C=O) groups is 4. The van der Waals surface area contributed by atoms with Gasteiger partial charge in [0.2, 0.25) is 17.7 Å². The van der Waals surface area contributed by atoms with Gasteiger partial charge in [-0.15, -0.1) is 0 Å². The number of likely N-dealkylation sites (tertiary alicyclic amines) is 1. The largest absolute Gasteiger partial charge is 0.444 e. The lowest BCUT2D eigenvalue weighted by Crippen LogP contribution is -2.60. The number of amides is 4. The zero-order chi connectivity index (χ0) is 30.0. The number of hydrogen-bond acceptors (Lipinski definition) is 6. The standard InChI is InChI=1S/C30H47N5O5/c1-18(34(8)28(39)40-30(5,6)7)25(36)33-24(29(2,3)4)27(38)35-17-20(31)16-23(35)26(37)32-22-15-11-13-19-12-9-10-14-21(19)22/h9-10,12,14,18,20,22-24H,11,13,15-17,31H2,1-8H3,(H,32,37)(H,33,36)/t18-,20-,22?,23-,24+/m0/s1. The molecule has 0 spiro atoms. The number of aryl methyl sites for hydroxylation is 1. The summed E-state index contributed by atoms with van der Waals surface area (Å²) in [5.41, 5.74) is 7.23. The molecule has 0 saturated carbocycles. The van der Waals surface area contributed by atoms with Crippen LogP contribution in [-0.4, -0.2) is 77.0 Å². The number of benzene rings is 1. The van der Waals surface area contributed by atoms with Gasteiger partial charge in [-0.3, -0.25) is 19.3 Å². The lowest BCUT2D eigenvalue weighted by atomic mass is 9.85. The first-order valence-electron chi connectivity index (χ1n) is 14.2. The van der Waals surface area contributed by atoms with Crippen LogP contribution >= 0.6 is 0 Å². The SMILES string of the molecule is C[C@@H](C(=O)N[C@H](C(=O)N1C[C@@H](N)C[C@H]1C(=O)NC1CCCc2ccccc21)C(C)(C)C)N(C)C(=O)OC(C)(C)C. The first-order valence-corrected chi connectivity index (χ1v) is 14.2. The molecule has 0 aromatic heterocycles. The maximum atomic E-state index is 14.0. The van der Waals surface area contributed by atoms with E-state index in [9.17, 15) is 19.2 Å². The number of carbonyl (C=O) groups excluding carboxylic acids is 4. The second-order valence-electron chi connectivity index (χ2n) is 13.2. The van der Waals surface area contributed by atoms with Gasteiger partial charge in [0.15, 0.2) is 0 Å². The minimum absolute atomic E-state index is 0.117. The van der Waals surface area contributed by atoms with Crippen LogP contribution < -0.4 is 16.4 Å². The van der Waals surface area contributed by atoms with Crippen molar-refractivity contribution in [1.82, 2.24) is 20.4 Å². The van der Waals surface area contributed by atoms with E-state index in [1.807, 2.05) is 39.0 Å². The molecule has 4 N–H and O–H groups in total. The number of hydrogen-bond donors (Lipinski definition) is 3. The molecule has 1 fully saturated rings. The highest BCUT2D eigenvalue weighted by Gasteiger charge is 2.45. The number of likely N-dealkylation sites (N-methyl/N-ethyl adjacent to an activating group) is 1. The van der Waals surface area contributed by atoms with Crippen LogP contribution in [0.15, 0.2) is 24.3 Å². The summed E-state index contributed by atoms with van der Waals surface area (Å²) in [6, 6.07) is 5.08. The van der Waals surface area contributed by atoms with Gasteiger partial charge in [0.25, 0.3) is 0 Å². The fourth-order valence-electron chi connectivity index (χ4n) is 5.28. The van der Waals surface area contributed by atoms with E-state index in [0.29, 0.717) is 6.42 Å². The van der Waals surface area contributed by atoms with Crippen LogP contribution in [-0.2, 0) is 25.5 Å². The summed E-state index contributed by atoms with van der Waals surface area (Å²) in [5.74, 6) is -1.10. The molecule has 0 radical (unpaired) electrons. The summed E-state index contributed by atoms with van der Waals surface area (Å²) in [6.45, 7) is 12.6. The van der Waals surface area contributed by atoms with Crippen LogP contribution in [0.1, 0.15) is 84.9 Å². The average molecular weight is 558 g/mol. The van der Waals surface area contributed by atoms with Crippen molar-refractivity contribution in [3.05, 3.63) is 35.4 Å². The molecule has 1 aromatic carbocycles. The Morgan fingerprint density at radius 2 is 1.75 bits per heavy atom. The normalized spacial score (nSPS) is 22.5. The first-order chi connectivity index (χ1) is 18.5. The number of nitrogens with zero attached hydrogens (tertiary/aromatic N) is 2. The van der Waals surface area contributed by atoms with Crippen molar-refractivity contribution in [2.24, 2.45) is 11.1 Å². The van der Waals surface area contributed by atoms with Crippen LogP contribution in [0, 0.1) is 5.41 Å². The zero-order valence-corrected chi connectivity index (χ0v) is 25.2. The molecular weight excluding hydrogens is 510 g/mol. The molecule has 4 amide bonds. The monoisotopic (exact) mass is 557 g/mol. The number of fused-ring (bicyclic) bond motifs is 1. The third kappa shape index (κ3) is 7.53. The number of rotatable bonds is 6. The molecule has 2 aliphatic rings. The van der Waals surface area contributed by atoms with Gasteiger partial charge < -0.3 is 26.0 Å². The smallest absolute Gasteiger partial charge is 0.410 e. The molecular formula is C30H47N5O5. The summed E-state index contributed by atoms with van der Waals surface area (Å²) in [7, 11) is 1.48. The van der Waals surface area contributed by atoms with Crippen molar-refractivity contribution in [3.63, 3.8) is 0 Å². The van der Waals surface area contributed by atoms with Gasteiger partial charge in [-0.05, 0) is 69.9 Å². The minimum Gasteiger partial charge on any atom is -0.444 e. The number of nitrogens with two attached hydrogens (primary N) is 1. The fourth-order valence-corrected chi connectivity index (χ4v) is 5.28. The van der Waals surface area contributed by atoms with Crippen LogP contribution in [0.4, 0.5) is 4.79 Å². The van der Waals surface area contributed by atoms with E-state index in [4.69, 9.17) is 10.5 Å². The van der Waals surface area contributed by atoms with Crippen molar-refractivity contribution in [2.45, 2.75) is 110 Å². The number of nitrogens with one attached hydrogen (secondary N) is 2. The molecule has 10 nitrogen and oxygen atoms in total. The van der Waals surface area contributed by atoms with Crippen LogP contribution in [0.2, 0.25) is 0 Å². The second kappa shape index (κ2) is 12.2. The van der Waals surface area contributed by atoms with Crippen LogP contribution in [0.5, 0.6) is 0 Å². The summed E-state index contributed by atoms with van der Waals surface area (Å²) in [4.78, 5) is 56.0. The van der Waals surface area contributed by atoms with Crippen molar-refractivity contribution in [1.29, 1.82) is 0 Å². The summed E-state index contributed by atoms with van der Waals surface area (Å²) >= 11 is 0. The Morgan fingerprint density at radius 3 is 2.38 bits per heavy atom. The van der Waals surface area contributed by atoms with Crippen molar-refractivity contribution in [2.75, 3.05) is 13.6 Å². The molecule has 40 heavy (non-hydrogen) atoms. The van der Waals surface area contributed by atoms with Crippen LogP contribution in [0.25, 0.3) is 0 Å². The third-order valence-electron chi connectivity index (χ3n) is 7.65. The van der Waals surface area contributed by atoms with Gasteiger partial charge in [-0.1, -0.05) is 45.0 Å². The maximum absolute atomic E-state index is 14.0. The van der Waals surface area contributed by atoms with E-state index in [1.165, 1.54) is 22.4 Å². The van der Waals surface area contributed by atoms with E-state index in [0.717, 1.165) is 24.8 Å². The fraction of sp³-hybridized carbons (Fsp3) is 0.667. The highest BCUT2D eigenvalue weighted by Crippen LogP contribution is 2.31. The predicted molar refractivity (Wildman–Crippen MR) is 153 cm³/mol. The predicted octanol–water partition coefficient (Wildman–Crippen LogP) is 2.89. The molecule has 5 atom stereocenters. The Hall–Kier alpha value is -3.14. The number of ether oxygens (including phenoxy) is 1. The average Bonchev–Trinajstić information content (AvgIpc) is 3.26. The molecule has 1 aromatic rings. The van der Waals surface area contributed by atoms with Crippen molar-refractivity contribution >= 4 is 23.8 Å². The molecule has 222 valence electrons. The van der Waals surface area contributed by atoms with Gasteiger partial charge in [0, 0.05) is 19.6 Å².